The number of hydrogen-bond acceptors (Lipinski definition) is 4. The summed E-state index contributed by atoms with van der Waals surface area (Å²) in [5, 5.41) is 0. The van der Waals surface area contributed by atoms with Gasteiger partial charge in [0.2, 0.25) is 5.91 Å². The van der Waals surface area contributed by atoms with Crippen molar-refractivity contribution in [1.82, 2.24) is 19.4 Å². The van der Waals surface area contributed by atoms with Gasteiger partial charge in [-0.25, -0.2) is 4.98 Å². The Morgan fingerprint density at radius 1 is 1.16 bits per heavy atom. The molecule has 3 atom stereocenters. The maximum atomic E-state index is 13.1. The van der Waals surface area contributed by atoms with E-state index in [-0.39, 0.29) is 23.3 Å². The molecule has 0 aliphatic carbocycles. The van der Waals surface area contributed by atoms with Crippen molar-refractivity contribution in [3.05, 3.63) is 76.5 Å². The number of benzene rings is 1. The minimum Gasteiger partial charge on any atom is -0.344 e. The molecule has 0 radical (unpaired) electrons. The first-order chi connectivity index (χ1) is 15.1. The Hall–Kier alpha value is -3.19. The molecule has 0 unspecified atom stereocenters. The first-order valence-electron chi connectivity index (χ1n) is 10.9. The van der Waals surface area contributed by atoms with Gasteiger partial charge in [0.1, 0.15) is 5.82 Å². The highest BCUT2D eigenvalue weighted by molar-refractivity contribution is 5.82. The molecule has 2 aliphatic rings. The number of pyridine rings is 1. The highest BCUT2D eigenvalue weighted by Gasteiger charge is 2.37. The molecule has 1 amide bonds. The van der Waals surface area contributed by atoms with Gasteiger partial charge in [-0.3, -0.25) is 9.59 Å². The van der Waals surface area contributed by atoms with Crippen LogP contribution < -0.4 is 11.3 Å². The van der Waals surface area contributed by atoms with Crippen molar-refractivity contribution in [2.24, 2.45) is 11.7 Å². The van der Waals surface area contributed by atoms with Gasteiger partial charge in [-0.2, -0.15) is 0 Å². The number of hydrogen-bond donors (Lipinski definition) is 2. The highest BCUT2D eigenvalue weighted by atomic mass is 16.2. The van der Waals surface area contributed by atoms with Gasteiger partial charge in [0.25, 0.3) is 5.56 Å². The molecule has 2 aliphatic heterocycles. The Labute approximate surface area is 180 Å². The van der Waals surface area contributed by atoms with Crippen LogP contribution >= 0.6 is 0 Å². The predicted octanol–water partition coefficient (Wildman–Crippen LogP) is 2.14. The van der Waals surface area contributed by atoms with Crippen LogP contribution in [0.2, 0.25) is 0 Å². The van der Waals surface area contributed by atoms with Crippen LogP contribution in [0.1, 0.15) is 30.0 Å². The van der Waals surface area contributed by atoms with E-state index in [4.69, 9.17) is 5.73 Å². The fourth-order valence-electron chi connectivity index (χ4n) is 5.04. The monoisotopic (exact) mass is 417 g/mol. The summed E-state index contributed by atoms with van der Waals surface area (Å²) in [4.78, 5) is 35.3. The number of likely N-dealkylation sites (tertiary alicyclic amines) is 1. The summed E-state index contributed by atoms with van der Waals surface area (Å²) in [6.45, 7) is 1.90. The Morgan fingerprint density at radius 3 is 2.77 bits per heavy atom. The van der Waals surface area contributed by atoms with Gasteiger partial charge < -0.3 is 20.2 Å². The molecule has 5 rings (SSSR count). The highest BCUT2D eigenvalue weighted by Crippen LogP contribution is 2.35. The molecule has 7 nitrogen and oxygen atoms in total. The maximum Gasteiger partial charge on any atom is 0.261 e. The molecule has 1 fully saturated rings. The number of fused-ring (bicyclic) bond motifs is 4. The fourth-order valence-corrected chi connectivity index (χ4v) is 5.04. The molecule has 7 heteroatoms. The molecule has 3 aromatic rings. The third kappa shape index (κ3) is 3.81. The van der Waals surface area contributed by atoms with E-state index in [0.29, 0.717) is 37.4 Å². The molecule has 0 saturated carbocycles. The Kier molecular flexibility index (Phi) is 5.19. The molecular formula is C24H27N5O2. The Morgan fingerprint density at radius 2 is 2.00 bits per heavy atom. The molecule has 1 aromatic carbocycles. The van der Waals surface area contributed by atoms with Crippen LogP contribution in [0.4, 0.5) is 0 Å². The second-order valence-corrected chi connectivity index (χ2v) is 8.70. The standard InChI is InChI=1S/C24H27N5O2/c25-20(8-6-16-4-2-1-3-5-16)24(31)28-13-17-12-18(15-28)21-9-7-19(22-26-10-11-27-22)23(30)29(21)14-17/h1-5,7,9-11,17-18,20H,6,8,12-15,25H2,(H,26,27)/t17-,18+,20-/m0/s1. The Balaban J connectivity index is 1.31. The van der Waals surface area contributed by atoms with E-state index in [1.54, 1.807) is 12.4 Å². The smallest absolute Gasteiger partial charge is 0.261 e. The lowest BCUT2D eigenvalue weighted by molar-refractivity contribution is -0.135. The van der Waals surface area contributed by atoms with Crippen LogP contribution in [0, 0.1) is 5.92 Å². The second-order valence-electron chi connectivity index (χ2n) is 8.70. The van der Waals surface area contributed by atoms with Gasteiger partial charge in [0.05, 0.1) is 11.6 Å². The number of aryl methyl sites for hydroxylation is 1. The fraction of sp³-hybridized carbons (Fsp3) is 0.375. The topological polar surface area (TPSA) is 97.0 Å². The van der Waals surface area contributed by atoms with Gasteiger partial charge in [-0.05, 0) is 42.9 Å². The molecule has 0 spiro atoms. The van der Waals surface area contributed by atoms with Crippen molar-refractivity contribution in [1.29, 1.82) is 0 Å². The van der Waals surface area contributed by atoms with Crippen LogP contribution in [0.3, 0.4) is 0 Å². The lowest BCUT2D eigenvalue weighted by Crippen LogP contribution is -2.53. The van der Waals surface area contributed by atoms with Crippen molar-refractivity contribution >= 4 is 5.91 Å². The van der Waals surface area contributed by atoms with Crippen molar-refractivity contribution < 1.29 is 4.79 Å². The van der Waals surface area contributed by atoms with Crippen molar-refractivity contribution in [2.45, 2.75) is 37.8 Å². The SMILES string of the molecule is N[C@@H](CCc1ccccc1)C(=O)N1C[C@@H]2C[C@H](C1)c1ccc(-c3ncc[nH]3)c(=O)n1C2. The number of carbonyl (C=O) groups is 1. The number of piperidine rings is 1. The van der Waals surface area contributed by atoms with E-state index in [1.807, 2.05) is 39.8 Å². The number of aromatic nitrogens is 3. The summed E-state index contributed by atoms with van der Waals surface area (Å²) in [7, 11) is 0. The van der Waals surface area contributed by atoms with Crippen molar-refractivity contribution in [3.8, 4) is 11.4 Å². The zero-order valence-electron chi connectivity index (χ0n) is 17.4. The van der Waals surface area contributed by atoms with E-state index in [2.05, 4.69) is 22.1 Å². The van der Waals surface area contributed by atoms with Crippen LogP contribution in [0.5, 0.6) is 0 Å². The lowest BCUT2D eigenvalue weighted by Gasteiger charge is -2.43. The van der Waals surface area contributed by atoms with Crippen LogP contribution in [-0.2, 0) is 17.8 Å². The number of nitrogens with one attached hydrogen (secondary N) is 1. The quantitative estimate of drug-likeness (QED) is 0.665. The first kappa shape index (κ1) is 19.8. The number of rotatable bonds is 5. The normalized spacial score (nSPS) is 20.9. The number of carbonyl (C=O) groups excluding carboxylic acids is 1. The summed E-state index contributed by atoms with van der Waals surface area (Å²) in [6.07, 6.45) is 5.80. The molecule has 3 N–H and O–H groups in total. The van der Waals surface area contributed by atoms with E-state index < -0.39 is 6.04 Å². The van der Waals surface area contributed by atoms with Crippen LogP contribution in [0.25, 0.3) is 11.4 Å². The van der Waals surface area contributed by atoms with E-state index >= 15 is 0 Å². The zero-order valence-corrected chi connectivity index (χ0v) is 17.4. The van der Waals surface area contributed by atoms with Crippen molar-refractivity contribution in [2.75, 3.05) is 13.1 Å². The third-order valence-electron chi connectivity index (χ3n) is 6.57. The van der Waals surface area contributed by atoms with E-state index in [0.717, 1.165) is 18.5 Å². The molecule has 31 heavy (non-hydrogen) atoms. The largest absolute Gasteiger partial charge is 0.344 e. The minimum absolute atomic E-state index is 0.0125. The van der Waals surface area contributed by atoms with Gasteiger partial charge in [-0.15, -0.1) is 0 Å². The molecule has 4 heterocycles. The van der Waals surface area contributed by atoms with E-state index in [1.165, 1.54) is 5.56 Å². The molecule has 1 saturated heterocycles. The number of H-pyrrole nitrogens is 1. The molecular weight excluding hydrogens is 390 g/mol. The number of aromatic amines is 1. The first-order valence-corrected chi connectivity index (χ1v) is 10.9. The summed E-state index contributed by atoms with van der Waals surface area (Å²) < 4.78 is 1.88. The molecule has 2 bridgehead atoms. The van der Waals surface area contributed by atoms with Crippen LogP contribution in [0.15, 0.2) is 59.7 Å². The number of nitrogens with two attached hydrogens (primary N) is 1. The summed E-state index contributed by atoms with van der Waals surface area (Å²) >= 11 is 0. The predicted molar refractivity (Wildman–Crippen MR) is 118 cm³/mol. The zero-order chi connectivity index (χ0) is 21.4. The number of amides is 1. The van der Waals surface area contributed by atoms with Crippen LogP contribution in [-0.4, -0.2) is 44.5 Å². The average Bonchev–Trinajstić information content (AvgIpc) is 3.33. The van der Waals surface area contributed by atoms with E-state index in [9.17, 15) is 9.59 Å². The Bertz CT molecular complexity index is 1120. The maximum absolute atomic E-state index is 13.1. The minimum atomic E-state index is -0.498. The number of imidazole rings is 1. The third-order valence-corrected chi connectivity index (χ3v) is 6.57. The summed E-state index contributed by atoms with van der Waals surface area (Å²) in [5.41, 5.74) is 9.06. The van der Waals surface area contributed by atoms with Gasteiger partial charge >= 0.3 is 0 Å². The van der Waals surface area contributed by atoms with Gasteiger partial charge in [-0.1, -0.05) is 30.3 Å². The summed E-state index contributed by atoms with van der Waals surface area (Å²) in [6, 6.07) is 13.5. The lowest BCUT2D eigenvalue weighted by atomic mass is 9.82. The number of nitrogens with zero attached hydrogens (tertiary/aromatic N) is 3. The molecule has 2 aromatic heterocycles. The van der Waals surface area contributed by atoms with Crippen molar-refractivity contribution in [3.63, 3.8) is 0 Å². The second kappa shape index (κ2) is 8.15. The van der Waals surface area contributed by atoms with Gasteiger partial charge in [0.15, 0.2) is 0 Å². The van der Waals surface area contributed by atoms with Gasteiger partial charge in [0, 0.05) is 43.6 Å². The summed E-state index contributed by atoms with van der Waals surface area (Å²) in [5.74, 6) is 1.04. The molecule has 160 valence electrons. The average molecular weight is 418 g/mol.